The molecule has 3 N–H and O–H groups in total. The maximum Gasteiger partial charge on any atom is 0.317 e. The molecule has 0 aliphatic carbocycles. The van der Waals surface area contributed by atoms with Crippen LogP contribution in [0.25, 0.3) is 0 Å². The van der Waals surface area contributed by atoms with Gasteiger partial charge in [0.1, 0.15) is 0 Å². The van der Waals surface area contributed by atoms with E-state index in [1.165, 1.54) is 0 Å². The lowest BCUT2D eigenvalue weighted by atomic mass is 9.96. The Bertz CT molecular complexity index is 561. The number of urea groups is 1. The van der Waals surface area contributed by atoms with Crippen molar-refractivity contribution in [2.24, 2.45) is 17.6 Å². The van der Waals surface area contributed by atoms with Crippen molar-refractivity contribution in [1.29, 1.82) is 0 Å². The lowest BCUT2D eigenvalue weighted by Crippen LogP contribution is -2.47. The van der Waals surface area contributed by atoms with Crippen LogP contribution in [0.1, 0.15) is 31.2 Å². The maximum atomic E-state index is 12.2. The van der Waals surface area contributed by atoms with Crippen molar-refractivity contribution < 1.29 is 9.59 Å². The van der Waals surface area contributed by atoms with E-state index in [2.05, 4.69) is 17.3 Å². The molecule has 3 amide bonds. The number of aryl methyl sites for hydroxylation is 2. The fraction of sp³-hybridized carbons (Fsp3) is 0.688. The van der Waals surface area contributed by atoms with E-state index in [1.54, 1.807) is 4.90 Å². The molecule has 1 aromatic heterocycles. The van der Waals surface area contributed by atoms with Crippen molar-refractivity contribution in [3.05, 3.63) is 17.5 Å². The number of primary amides is 1. The number of aromatic nitrogens is 2. The van der Waals surface area contributed by atoms with Gasteiger partial charge in [0.2, 0.25) is 5.91 Å². The molecule has 7 heteroatoms. The van der Waals surface area contributed by atoms with Crippen LogP contribution in [0, 0.1) is 25.7 Å². The van der Waals surface area contributed by atoms with E-state index < -0.39 is 0 Å². The van der Waals surface area contributed by atoms with E-state index in [1.807, 2.05) is 24.6 Å². The first kappa shape index (κ1) is 17.3. The zero-order valence-electron chi connectivity index (χ0n) is 14.2. The van der Waals surface area contributed by atoms with Gasteiger partial charge in [-0.05, 0) is 38.7 Å². The summed E-state index contributed by atoms with van der Waals surface area (Å²) in [6, 6.07) is 1.99. The number of amides is 3. The van der Waals surface area contributed by atoms with Crippen LogP contribution in [-0.2, 0) is 11.3 Å². The van der Waals surface area contributed by atoms with E-state index in [-0.39, 0.29) is 17.9 Å². The molecule has 1 atom stereocenters. The monoisotopic (exact) mass is 321 g/mol. The Balaban J connectivity index is 1.74. The molecule has 0 radical (unpaired) electrons. The Labute approximate surface area is 137 Å². The molecule has 0 saturated carbocycles. The molecule has 1 aromatic rings. The van der Waals surface area contributed by atoms with Gasteiger partial charge < -0.3 is 16.0 Å². The van der Waals surface area contributed by atoms with Gasteiger partial charge in [-0.2, -0.15) is 5.10 Å². The molecule has 1 fully saturated rings. The van der Waals surface area contributed by atoms with Crippen molar-refractivity contribution >= 4 is 11.9 Å². The van der Waals surface area contributed by atoms with Gasteiger partial charge in [0, 0.05) is 37.8 Å². The van der Waals surface area contributed by atoms with Gasteiger partial charge in [0.25, 0.3) is 0 Å². The highest BCUT2D eigenvalue weighted by Crippen LogP contribution is 2.16. The molecule has 23 heavy (non-hydrogen) atoms. The zero-order valence-corrected chi connectivity index (χ0v) is 14.2. The lowest BCUT2D eigenvalue weighted by molar-refractivity contribution is -0.123. The summed E-state index contributed by atoms with van der Waals surface area (Å²) in [5.74, 6) is -0.0623. The van der Waals surface area contributed by atoms with Gasteiger partial charge in [0.15, 0.2) is 0 Å². The Morgan fingerprint density at radius 3 is 2.57 bits per heavy atom. The predicted molar refractivity (Wildman–Crippen MR) is 87.8 cm³/mol. The van der Waals surface area contributed by atoms with Crippen LogP contribution < -0.4 is 11.1 Å². The zero-order chi connectivity index (χ0) is 17.0. The minimum absolute atomic E-state index is 0.0619. The van der Waals surface area contributed by atoms with E-state index in [0.717, 1.165) is 17.9 Å². The van der Waals surface area contributed by atoms with Gasteiger partial charge in [-0.1, -0.05) is 6.92 Å². The molecule has 0 bridgehead atoms. The number of nitrogens with one attached hydrogen (secondary N) is 1. The smallest absolute Gasteiger partial charge is 0.317 e. The molecule has 128 valence electrons. The fourth-order valence-corrected chi connectivity index (χ4v) is 2.96. The number of nitrogens with two attached hydrogens (primary N) is 1. The molecular weight excluding hydrogens is 294 g/mol. The SMILES string of the molecule is Cc1cc(C)n(C[C@@H](C)CNC(=O)N2CCC(C(N)=O)CC2)n1. The molecule has 2 rings (SSSR count). The standard InChI is InChI=1S/C16H27N5O2/c1-11(10-21-13(3)8-12(2)19-21)9-18-16(23)20-6-4-14(5-7-20)15(17)22/h8,11,14H,4-7,9-10H2,1-3H3,(H2,17,22)(H,18,23)/t11-/m0/s1. The molecular formula is C16H27N5O2. The largest absolute Gasteiger partial charge is 0.369 e. The topological polar surface area (TPSA) is 93.3 Å². The molecule has 0 spiro atoms. The first-order valence-corrected chi connectivity index (χ1v) is 8.20. The number of likely N-dealkylation sites (tertiary alicyclic amines) is 1. The molecule has 0 aromatic carbocycles. The second-order valence-corrected chi connectivity index (χ2v) is 6.56. The van der Waals surface area contributed by atoms with E-state index in [0.29, 0.717) is 38.4 Å². The van der Waals surface area contributed by atoms with E-state index in [9.17, 15) is 9.59 Å². The summed E-state index contributed by atoms with van der Waals surface area (Å²) in [7, 11) is 0. The molecule has 7 nitrogen and oxygen atoms in total. The number of hydrogen-bond acceptors (Lipinski definition) is 3. The average molecular weight is 321 g/mol. The maximum absolute atomic E-state index is 12.2. The molecule has 1 aliphatic rings. The number of nitrogens with zero attached hydrogens (tertiary/aromatic N) is 3. The highest BCUT2D eigenvalue weighted by Gasteiger charge is 2.25. The van der Waals surface area contributed by atoms with Crippen LogP contribution in [-0.4, -0.2) is 46.3 Å². The van der Waals surface area contributed by atoms with Gasteiger partial charge in [-0.3, -0.25) is 9.48 Å². The Hall–Kier alpha value is -2.05. The highest BCUT2D eigenvalue weighted by molar-refractivity contribution is 5.78. The summed E-state index contributed by atoms with van der Waals surface area (Å²) in [6.45, 7) is 8.67. The second-order valence-electron chi connectivity index (χ2n) is 6.56. The summed E-state index contributed by atoms with van der Waals surface area (Å²) < 4.78 is 1.98. The Kier molecular flexibility index (Phi) is 5.63. The van der Waals surface area contributed by atoms with Crippen LogP contribution in [0.15, 0.2) is 6.07 Å². The number of piperidine rings is 1. The van der Waals surface area contributed by atoms with Crippen molar-refractivity contribution in [3.8, 4) is 0 Å². The molecule has 1 saturated heterocycles. The summed E-state index contributed by atoms with van der Waals surface area (Å²) in [5.41, 5.74) is 7.45. The summed E-state index contributed by atoms with van der Waals surface area (Å²) >= 11 is 0. The van der Waals surface area contributed by atoms with Gasteiger partial charge >= 0.3 is 6.03 Å². The minimum atomic E-state index is -0.261. The summed E-state index contributed by atoms with van der Waals surface area (Å²) in [4.78, 5) is 25.1. The van der Waals surface area contributed by atoms with Crippen LogP contribution in [0.3, 0.4) is 0 Å². The van der Waals surface area contributed by atoms with Crippen molar-refractivity contribution in [1.82, 2.24) is 20.0 Å². The van der Waals surface area contributed by atoms with Crippen LogP contribution in [0.2, 0.25) is 0 Å². The van der Waals surface area contributed by atoms with Gasteiger partial charge in [-0.25, -0.2) is 4.79 Å². The molecule has 2 heterocycles. The lowest BCUT2D eigenvalue weighted by Gasteiger charge is -2.31. The number of carbonyl (C=O) groups is 2. The number of hydrogen-bond donors (Lipinski definition) is 2. The quantitative estimate of drug-likeness (QED) is 0.848. The summed E-state index contributed by atoms with van der Waals surface area (Å²) in [5, 5.41) is 7.41. The third-order valence-electron chi connectivity index (χ3n) is 4.37. The van der Waals surface area contributed by atoms with Gasteiger partial charge in [0.05, 0.1) is 5.69 Å². The number of rotatable bonds is 5. The van der Waals surface area contributed by atoms with E-state index in [4.69, 9.17) is 5.73 Å². The number of carbonyl (C=O) groups excluding carboxylic acids is 2. The first-order valence-electron chi connectivity index (χ1n) is 8.20. The third-order valence-corrected chi connectivity index (χ3v) is 4.37. The highest BCUT2D eigenvalue weighted by atomic mass is 16.2. The fourth-order valence-electron chi connectivity index (χ4n) is 2.96. The first-order chi connectivity index (χ1) is 10.9. The van der Waals surface area contributed by atoms with Crippen molar-refractivity contribution in [2.45, 2.75) is 40.2 Å². The summed E-state index contributed by atoms with van der Waals surface area (Å²) in [6.07, 6.45) is 1.31. The normalized spacial score (nSPS) is 17.1. The predicted octanol–water partition coefficient (Wildman–Crippen LogP) is 1.04. The average Bonchev–Trinajstić information content (AvgIpc) is 2.82. The van der Waals surface area contributed by atoms with E-state index >= 15 is 0 Å². The molecule has 0 unspecified atom stereocenters. The minimum Gasteiger partial charge on any atom is -0.369 e. The van der Waals surface area contributed by atoms with Crippen LogP contribution in [0.4, 0.5) is 4.79 Å². The van der Waals surface area contributed by atoms with Crippen molar-refractivity contribution in [2.75, 3.05) is 19.6 Å². The molecule has 1 aliphatic heterocycles. The van der Waals surface area contributed by atoms with Crippen molar-refractivity contribution in [3.63, 3.8) is 0 Å². The van der Waals surface area contributed by atoms with Crippen LogP contribution >= 0.6 is 0 Å². The Morgan fingerprint density at radius 1 is 1.39 bits per heavy atom. The second kappa shape index (κ2) is 7.48. The third kappa shape index (κ3) is 4.71. The van der Waals surface area contributed by atoms with Gasteiger partial charge in [-0.15, -0.1) is 0 Å². The Morgan fingerprint density at radius 2 is 2.04 bits per heavy atom. The van der Waals surface area contributed by atoms with Crippen LogP contribution in [0.5, 0.6) is 0 Å².